The summed E-state index contributed by atoms with van der Waals surface area (Å²) in [6.45, 7) is 1.89. The molecule has 3 aromatic carbocycles. The van der Waals surface area contributed by atoms with E-state index in [1.807, 2.05) is 0 Å². The first-order valence-corrected chi connectivity index (χ1v) is 14.6. The minimum atomic E-state index is -0.459. The van der Waals surface area contributed by atoms with Crippen molar-refractivity contribution in [1.82, 2.24) is 4.90 Å². The minimum absolute atomic E-state index is 0.0194. The minimum Gasteiger partial charge on any atom is -0.490 e. The lowest BCUT2D eigenvalue weighted by atomic mass is 10.1. The Morgan fingerprint density at radius 1 is 1.10 bits per heavy atom. The van der Waals surface area contributed by atoms with Crippen LogP contribution in [0.25, 0.3) is 6.08 Å². The molecular formula is C28H21BrCl2N2O7S. The van der Waals surface area contributed by atoms with E-state index in [2.05, 4.69) is 21.2 Å². The lowest BCUT2D eigenvalue weighted by Gasteiger charge is -2.15. The van der Waals surface area contributed by atoms with Gasteiger partial charge < -0.3 is 24.3 Å². The first-order chi connectivity index (χ1) is 19.7. The normalized spacial score (nSPS) is 15.0. The van der Waals surface area contributed by atoms with Gasteiger partial charge >= 0.3 is 0 Å². The Labute approximate surface area is 257 Å². The highest BCUT2D eigenvalue weighted by atomic mass is 79.9. The number of hydrogen-bond donors (Lipinski definition) is 1. The number of thioether (sulfide) groups is 1. The lowest BCUT2D eigenvalue weighted by molar-refractivity contribution is -0.123. The van der Waals surface area contributed by atoms with E-state index >= 15 is 0 Å². The van der Waals surface area contributed by atoms with Crippen molar-refractivity contribution >= 4 is 79.7 Å². The molecule has 1 fully saturated rings. The zero-order valence-corrected chi connectivity index (χ0v) is 25.3. The Kier molecular flexibility index (Phi) is 8.98. The molecule has 0 spiro atoms. The third-order valence-electron chi connectivity index (χ3n) is 5.87. The van der Waals surface area contributed by atoms with Crippen LogP contribution in [-0.4, -0.2) is 42.0 Å². The monoisotopic (exact) mass is 678 g/mol. The summed E-state index contributed by atoms with van der Waals surface area (Å²) in [7, 11) is 0. The van der Waals surface area contributed by atoms with Crippen LogP contribution in [0.3, 0.4) is 0 Å². The largest absolute Gasteiger partial charge is 0.490 e. The maximum Gasteiger partial charge on any atom is 0.293 e. The Morgan fingerprint density at radius 2 is 1.85 bits per heavy atom. The zero-order valence-electron chi connectivity index (χ0n) is 21.4. The van der Waals surface area contributed by atoms with Crippen LogP contribution in [0.4, 0.5) is 10.5 Å². The van der Waals surface area contributed by atoms with Gasteiger partial charge in [-0.2, -0.15) is 0 Å². The van der Waals surface area contributed by atoms with Gasteiger partial charge in [-0.25, -0.2) is 0 Å². The summed E-state index contributed by atoms with van der Waals surface area (Å²) in [5.74, 6) is 0.807. The van der Waals surface area contributed by atoms with Crippen molar-refractivity contribution in [2.45, 2.75) is 13.5 Å². The van der Waals surface area contributed by atoms with Crippen LogP contribution in [0.15, 0.2) is 57.9 Å². The van der Waals surface area contributed by atoms with Crippen molar-refractivity contribution in [2.24, 2.45) is 0 Å². The second-order valence-electron chi connectivity index (χ2n) is 8.64. The SMILES string of the molecule is CCOc1cc(/C=C2\SC(=O)N(Cc3cc4c(cc3Cl)OCO4)C2=O)cc(Br)c1OCC(=O)Nc1ccccc1Cl. The molecule has 0 aliphatic carbocycles. The van der Waals surface area contributed by atoms with Crippen molar-refractivity contribution in [2.75, 3.05) is 25.3 Å². The van der Waals surface area contributed by atoms with Crippen LogP contribution >= 0.6 is 50.9 Å². The molecule has 0 saturated carbocycles. The number of nitrogens with one attached hydrogen (secondary N) is 1. The summed E-state index contributed by atoms with van der Waals surface area (Å²) < 4.78 is 22.7. The first kappa shape index (κ1) is 29.1. The van der Waals surface area contributed by atoms with Gasteiger partial charge in [-0.15, -0.1) is 0 Å². The number of imide groups is 1. The fraction of sp³-hybridized carbons (Fsp3) is 0.179. The molecule has 5 rings (SSSR count). The summed E-state index contributed by atoms with van der Waals surface area (Å²) in [5.41, 5.74) is 1.61. The summed E-state index contributed by atoms with van der Waals surface area (Å²) in [6, 6.07) is 13.5. The molecule has 1 N–H and O–H groups in total. The van der Waals surface area contributed by atoms with E-state index in [0.717, 1.165) is 16.7 Å². The molecule has 1 saturated heterocycles. The molecule has 2 aliphatic heterocycles. The Hall–Kier alpha value is -3.38. The van der Waals surface area contributed by atoms with Crippen molar-refractivity contribution in [3.8, 4) is 23.0 Å². The Bertz CT molecular complexity index is 1580. The lowest BCUT2D eigenvalue weighted by Crippen LogP contribution is -2.27. The quantitative estimate of drug-likeness (QED) is 0.238. The molecule has 212 valence electrons. The van der Waals surface area contributed by atoms with E-state index in [-0.39, 0.29) is 24.8 Å². The highest BCUT2D eigenvalue weighted by Gasteiger charge is 2.36. The molecular weight excluding hydrogens is 659 g/mol. The summed E-state index contributed by atoms with van der Waals surface area (Å²) in [6.07, 6.45) is 1.59. The predicted molar refractivity (Wildman–Crippen MR) is 160 cm³/mol. The van der Waals surface area contributed by atoms with E-state index in [9.17, 15) is 14.4 Å². The number of carbonyl (C=O) groups is 3. The maximum atomic E-state index is 13.2. The standard InChI is InChI=1S/C28H21BrCl2N2O7S/c1-2-37-23-8-15(7-17(29)26(23)38-13-25(34)32-20-6-4-3-5-18(20)30)9-24-27(35)33(28(36)41-24)12-16-10-21-22(11-19(16)31)40-14-39-21/h3-11H,2,12-14H2,1H3,(H,32,34)/b24-9-. The highest BCUT2D eigenvalue weighted by molar-refractivity contribution is 9.10. The third-order valence-corrected chi connectivity index (χ3v) is 8.05. The van der Waals surface area contributed by atoms with Crippen molar-refractivity contribution < 1.29 is 33.3 Å². The van der Waals surface area contributed by atoms with Crippen molar-refractivity contribution in [1.29, 1.82) is 0 Å². The fourth-order valence-corrected chi connectivity index (χ4v) is 5.81. The van der Waals surface area contributed by atoms with E-state index in [1.165, 1.54) is 0 Å². The Balaban J connectivity index is 1.31. The molecule has 2 heterocycles. The smallest absolute Gasteiger partial charge is 0.293 e. The number of halogens is 3. The second-order valence-corrected chi connectivity index (χ2v) is 11.3. The van der Waals surface area contributed by atoms with Gasteiger partial charge in [-0.3, -0.25) is 19.3 Å². The Morgan fingerprint density at radius 3 is 2.61 bits per heavy atom. The number of hydrogen-bond acceptors (Lipinski definition) is 8. The van der Waals surface area contributed by atoms with E-state index in [4.69, 9.17) is 42.1 Å². The van der Waals surface area contributed by atoms with E-state index in [0.29, 0.717) is 60.9 Å². The highest BCUT2D eigenvalue weighted by Crippen LogP contribution is 2.41. The van der Waals surface area contributed by atoms with Crippen LogP contribution in [0, 0.1) is 0 Å². The number of carbonyl (C=O) groups excluding carboxylic acids is 3. The average Bonchev–Trinajstić information content (AvgIpc) is 3.48. The molecule has 0 aromatic heterocycles. The van der Waals surface area contributed by atoms with Gasteiger partial charge in [0.05, 0.1) is 33.2 Å². The number of benzene rings is 3. The molecule has 0 radical (unpaired) electrons. The molecule has 0 bridgehead atoms. The fourth-order valence-electron chi connectivity index (χ4n) is 4.00. The number of nitrogens with zero attached hydrogens (tertiary/aromatic N) is 1. The van der Waals surface area contributed by atoms with E-state index in [1.54, 1.807) is 61.5 Å². The van der Waals surface area contributed by atoms with Crippen molar-refractivity contribution in [3.05, 3.63) is 79.1 Å². The van der Waals surface area contributed by atoms with Crippen LogP contribution in [0.5, 0.6) is 23.0 Å². The summed E-state index contributed by atoms with van der Waals surface area (Å²) in [5, 5.41) is 3.04. The van der Waals surface area contributed by atoms with Gasteiger partial charge in [0.15, 0.2) is 29.6 Å². The van der Waals surface area contributed by atoms with Crippen LogP contribution in [-0.2, 0) is 16.1 Å². The summed E-state index contributed by atoms with van der Waals surface area (Å²) in [4.78, 5) is 39.7. The molecule has 2 aliphatic rings. The van der Waals surface area contributed by atoms with Crippen LogP contribution in [0.2, 0.25) is 10.0 Å². The van der Waals surface area contributed by atoms with E-state index < -0.39 is 17.1 Å². The topological polar surface area (TPSA) is 103 Å². The first-order valence-electron chi connectivity index (χ1n) is 12.2. The van der Waals surface area contributed by atoms with Gasteiger partial charge in [0.2, 0.25) is 6.79 Å². The molecule has 13 heteroatoms. The maximum absolute atomic E-state index is 13.2. The van der Waals surface area contributed by atoms with Gasteiger partial charge in [0, 0.05) is 11.1 Å². The zero-order chi connectivity index (χ0) is 29.1. The predicted octanol–water partition coefficient (Wildman–Crippen LogP) is 7.14. The number of para-hydroxylation sites is 1. The van der Waals surface area contributed by atoms with Gasteiger partial charge in [-0.1, -0.05) is 35.3 Å². The molecule has 0 unspecified atom stereocenters. The molecule has 0 atom stereocenters. The molecule has 3 amide bonds. The second kappa shape index (κ2) is 12.6. The number of rotatable bonds is 9. The van der Waals surface area contributed by atoms with Crippen molar-refractivity contribution in [3.63, 3.8) is 0 Å². The number of anilines is 1. The van der Waals surface area contributed by atoms with Crippen LogP contribution < -0.4 is 24.3 Å². The van der Waals surface area contributed by atoms with Gasteiger partial charge in [0.1, 0.15) is 0 Å². The van der Waals surface area contributed by atoms with Crippen LogP contribution in [0.1, 0.15) is 18.1 Å². The van der Waals surface area contributed by atoms with Gasteiger partial charge in [0.25, 0.3) is 17.1 Å². The number of fused-ring (bicyclic) bond motifs is 1. The molecule has 9 nitrogen and oxygen atoms in total. The molecule has 41 heavy (non-hydrogen) atoms. The summed E-state index contributed by atoms with van der Waals surface area (Å²) >= 11 is 16.7. The molecule has 3 aromatic rings. The average molecular weight is 680 g/mol. The van der Waals surface area contributed by atoms with Gasteiger partial charge in [-0.05, 0) is 82.2 Å². The third kappa shape index (κ3) is 6.59. The number of amides is 3. The number of ether oxygens (including phenoxy) is 4.